The van der Waals surface area contributed by atoms with Crippen LogP contribution in [0.3, 0.4) is 0 Å². The highest BCUT2D eigenvalue weighted by atomic mass is 19.1. The van der Waals surface area contributed by atoms with Gasteiger partial charge in [0.05, 0.1) is 6.20 Å². The van der Waals surface area contributed by atoms with Crippen LogP contribution in [0.5, 0.6) is 0 Å². The summed E-state index contributed by atoms with van der Waals surface area (Å²) < 4.78 is 15.1. The highest BCUT2D eigenvalue weighted by Crippen LogP contribution is 2.24. The van der Waals surface area contributed by atoms with Crippen LogP contribution in [0.1, 0.15) is 11.3 Å². The smallest absolute Gasteiger partial charge is 0.169 e. The van der Waals surface area contributed by atoms with Gasteiger partial charge in [0.2, 0.25) is 0 Å². The average molecular weight is 232 g/mol. The summed E-state index contributed by atoms with van der Waals surface area (Å²) in [5, 5.41) is 7.19. The Hall–Kier alpha value is -1.75. The fourth-order valence-corrected chi connectivity index (χ4v) is 2.21. The van der Waals surface area contributed by atoms with Crippen LogP contribution in [0.25, 0.3) is 11.3 Å². The number of halogens is 1. The molecular formula is C12H13FN4. The lowest BCUT2D eigenvalue weighted by atomic mass is 10.0. The lowest BCUT2D eigenvalue weighted by Gasteiger charge is -2.16. The van der Waals surface area contributed by atoms with Crippen molar-refractivity contribution in [2.75, 3.05) is 6.54 Å². The van der Waals surface area contributed by atoms with E-state index in [1.54, 1.807) is 13.2 Å². The highest BCUT2D eigenvalue weighted by Gasteiger charge is 2.15. The SMILES string of the molecule is Cn1ncc(F)c1-c1cnc2c(c1)CNCC2. The van der Waals surface area contributed by atoms with Gasteiger partial charge in [-0.25, -0.2) is 4.39 Å². The van der Waals surface area contributed by atoms with Crippen LogP contribution in [0.2, 0.25) is 0 Å². The maximum Gasteiger partial charge on any atom is 0.169 e. The van der Waals surface area contributed by atoms with Gasteiger partial charge in [0.1, 0.15) is 5.69 Å². The number of nitrogens with zero attached hydrogens (tertiary/aromatic N) is 3. The van der Waals surface area contributed by atoms with E-state index in [9.17, 15) is 4.39 Å². The molecule has 3 rings (SSSR count). The molecule has 0 radical (unpaired) electrons. The van der Waals surface area contributed by atoms with Gasteiger partial charge < -0.3 is 5.32 Å². The molecule has 2 aromatic heterocycles. The largest absolute Gasteiger partial charge is 0.312 e. The number of hydrogen-bond acceptors (Lipinski definition) is 3. The van der Waals surface area contributed by atoms with Gasteiger partial charge in [0, 0.05) is 44.0 Å². The summed E-state index contributed by atoms with van der Waals surface area (Å²) in [6.07, 6.45) is 3.89. The molecule has 4 nitrogen and oxygen atoms in total. The fourth-order valence-electron chi connectivity index (χ4n) is 2.21. The maximum absolute atomic E-state index is 13.6. The molecule has 17 heavy (non-hydrogen) atoms. The minimum atomic E-state index is -0.307. The Morgan fingerprint density at radius 3 is 3.06 bits per heavy atom. The molecule has 1 N–H and O–H groups in total. The van der Waals surface area contributed by atoms with Crippen molar-refractivity contribution in [2.45, 2.75) is 13.0 Å². The van der Waals surface area contributed by atoms with E-state index in [1.807, 2.05) is 6.07 Å². The molecule has 0 saturated heterocycles. The van der Waals surface area contributed by atoms with E-state index in [0.29, 0.717) is 5.69 Å². The topological polar surface area (TPSA) is 42.7 Å². The number of hydrogen-bond donors (Lipinski definition) is 1. The Bertz CT molecular complexity index is 542. The van der Waals surface area contributed by atoms with Gasteiger partial charge in [-0.15, -0.1) is 0 Å². The molecule has 0 saturated carbocycles. The molecule has 1 aliphatic rings. The van der Waals surface area contributed by atoms with Crippen molar-refractivity contribution in [1.29, 1.82) is 0 Å². The van der Waals surface area contributed by atoms with Gasteiger partial charge in [0.15, 0.2) is 5.82 Å². The molecule has 0 fully saturated rings. The summed E-state index contributed by atoms with van der Waals surface area (Å²) in [7, 11) is 1.73. The summed E-state index contributed by atoms with van der Waals surface area (Å²) in [5.41, 5.74) is 3.53. The van der Waals surface area contributed by atoms with Crippen LogP contribution in [-0.2, 0) is 20.0 Å². The van der Waals surface area contributed by atoms with E-state index in [1.165, 1.54) is 10.9 Å². The Morgan fingerprint density at radius 2 is 2.29 bits per heavy atom. The summed E-state index contributed by atoms with van der Waals surface area (Å²) >= 11 is 0. The Kier molecular flexibility index (Phi) is 2.40. The van der Waals surface area contributed by atoms with Crippen LogP contribution >= 0.6 is 0 Å². The summed E-state index contributed by atoms with van der Waals surface area (Å²) in [6.45, 7) is 1.76. The van der Waals surface area contributed by atoms with E-state index >= 15 is 0 Å². The zero-order chi connectivity index (χ0) is 11.8. The number of pyridine rings is 1. The lowest BCUT2D eigenvalue weighted by molar-refractivity contribution is 0.624. The van der Waals surface area contributed by atoms with Crippen LogP contribution < -0.4 is 5.32 Å². The number of fused-ring (bicyclic) bond motifs is 1. The molecule has 0 amide bonds. The molecule has 0 unspecified atom stereocenters. The second-order valence-corrected chi connectivity index (χ2v) is 4.22. The van der Waals surface area contributed by atoms with Crippen LogP contribution in [0.4, 0.5) is 4.39 Å². The second kappa shape index (κ2) is 3.92. The monoisotopic (exact) mass is 232 g/mol. The van der Waals surface area contributed by atoms with Gasteiger partial charge in [-0.05, 0) is 11.6 Å². The van der Waals surface area contributed by atoms with Gasteiger partial charge in [0.25, 0.3) is 0 Å². The summed E-state index contributed by atoms with van der Waals surface area (Å²) in [5.74, 6) is -0.307. The molecular weight excluding hydrogens is 219 g/mol. The van der Waals surface area contributed by atoms with Crippen molar-refractivity contribution >= 4 is 0 Å². The molecule has 5 heteroatoms. The van der Waals surface area contributed by atoms with E-state index in [2.05, 4.69) is 15.4 Å². The molecule has 0 spiro atoms. The Balaban J connectivity index is 2.10. The molecule has 3 heterocycles. The first-order valence-corrected chi connectivity index (χ1v) is 5.62. The van der Waals surface area contributed by atoms with Crippen LogP contribution in [0.15, 0.2) is 18.5 Å². The molecule has 0 bridgehead atoms. The number of rotatable bonds is 1. The van der Waals surface area contributed by atoms with E-state index in [0.717, 1.165) is 36.3 Å². The quantitative estimate of drug-likeness (QED) is 0.805. The molecule has 1 aliphatic heterocycles. The van der Waals surface area contributed by atoms with Crippen LogP contribution in [0, 0.1) is 5.82 Å². The Labute approximate surface area is 98.5 Å². The first-order valence-electron chi connectivity index (χ1n) is 5.62. The number of nitrogens with one attached hydrogen (secondary N) is 1. The van der Waals surface area contributed by atoms with E-state index in [4.69, 9.17) is 0 Å². The minimum Gasteiger partial charge on any atom is -0.312 e. The van der Waals surface area contributed by atoms with Crippen molar-refractivity contribution in [3.05, 3.63) is 35.5 Å². The zero-order valence-corrected chi connectivity index (χ0v) is 9.57. The van der Waals surface area contributed by atoms with Gasteiger partial charge in [-0.1, -0.05) is 0 Å². The fraction of sp³-hybridized carbons (Fsp3) is 0.333. The third-order valence-corrected chi connectivity index (χ3v) is 3.08. The van der Waals surface area contributed by atoms with Crippen molar-refractivity contribution in [1.82, 2.24) is 20.1 Å². The van der Waals surface area contributed by atoms with Gasteiger partial charge in [-0.3, -0.25) is 9.67 Å². The highest BCUT2D eigenvalue weighted by molar-refractivity contribution is 5.60. The van der Waals surface area contributed by atoms with Gasteiger partial charge >= 0.3 is 0 Å². The van der Waals surface area contributed by atoms with E-state index in [-0.39, 0.29) is 5.82 Å². The molecule has 0 atom stereocenters. The molecule has 2 aromatic rings. The predicted molar refractivity (Wildman–Crippen MR) is 61.8 cm³/mol. The molecule has 0 aliphatic carbocycles. The van der Waals surface area contributed by atoms with Crippen molar-refractivity contribution in [3.8, 4) is 11.3 Å². The first-order chi connectivity index (χ1) is 8.25. The van der Waals surface area contributed by atoms with Crippen LogP contribution in [-0.4, -0.2) is 21.3 Å². The number of aryl methyl sites for hydroxylation is 1. The summed E-state index contributed by atoms with van der Waals surface area (Å²) in [6, 6.07) is 1.99. The van der Waals surface area contributed by atoms with E-state index < -0.39 is 0 Å². The molecule has 88 valence electrons. The van der Waals surface area contributed by atoms with Gasteiger partial charge in [-0.2, -0.15) is 5.10 Å². The minimum absolute atomic E-state index is 0.307. The van der Waals surface area contributed by atoms with Crippen molar-refractivity contribution in [3.63, 3.8) is 0 Å². The lowest BCUT2D eigenvalue weighted by Crippen LogP contribution is -2.24. The van der Waals surface area contributed by atoms with Crippen molar-refractivity contribution < 1.29 is 4.39 Å². The third-order valence-electron chi connectivity index (χ3n) is 3.08. The average Bonchev–Trinajstić information content (AvgIpc) is 2.68. The second-order valence-electron chi connectivity index (χ2n) is 4.22. The number of aromatic nitrogens is 3. The summed E-state index contributed by atoms with van der Waals surface area (Å²) in [4.78, 5) is 4.41. The Morgan fingerprint density at radius 1 is 1.41 bits per heavy atom. The first kappa shape index (κ1) is 10.4. The maximum atomic E-state index is 13.6. The van der Waals surface area contributed by atoms with Crippen molar-refractivity contribution in [2.24, 2.45) is 7.05 Å². The third kappa shape index (κ3) is 1.72. The zero-order valence-electron chi connectivity index (χ0n) is 9.57. The normalized spacial score (nSPS) is 14.7. The predicted octanol–water partition coefficient (Wildman–Crippen LogP) is 1.27. The standard InChI is InChI=1S/C12H13FN4/c1-17-12(10(13)7-16-17)9-4-8-5-14-3-2-11(8)15-6-9/h4,6-7,14H,2-3,5H2,1H3. The molecule has 0 aromatic carbocycles.